The molecule has 0 unspecified atom stereocenters. The first-order valence-corrected chi connectivity index (χ1v) is 7.77. The van der Waals surface area contributed by atoms with E-state index in [4.69, 9.17) is 0 Å². The van der Waals surface area contributed by atoms with Gasteiger partial charge in [0.05, 0.1) is 11.7 Å². The molecule has 2 aromatic heterocycles. The van der Waals surface area contributed by atoms with Crippen LogP contribution in [0.5, 0.6) is 0 Å². The molecule has 1 aliphatic rings. The number of rotatable bonds is 2. The van der Waals surface area contributed by atoms with Gasteiger partial charge in [-0.25, -0.2) is 4.98 Å². The molecule has 0 saturated carbocycles. The Labute approximate surface area is 120 Å². The van der Waals surface area contributed by atoms with Gasteiger partial charge in [0.15, 0.2) is 0 Å². The molecule has 0 aliphatic carbocycles. The van der Waals surface area contributed by atoms with Crippen molar-refractivity contribution in [1.29, 1.82) is 0 Å². The summed E-state index contributed by atoms with van der Waals surface area (Å²) in [4.78, 5) is 31.4. The van der Waals surface area contributed by atoms with Crippen molar-refractivity contribution >= 4 is 27.5 Å². The van der Waals surface area contributed by atoms with Gasteiger partial charge in [0.2, 0.25) is 5.91 Å². The van der Waals surface area contributed by atoms with Gasteiger partial charge in [-0.05, 0) is 37.6 Å². The molecule has 1 amide bonds. The molecule has 20 heavy (non-hydrogen) atoms. The highest BCUT2D eigenvalue weighted by molar-refractivity contribution is 7.16. The summed E-state index contributed by atoms with van der Waals surface area (Å²) in [6.07, 6.45) is 4.75. The van der Waals surface area contributed by atoms with Crippen LogP contribution < -0.4 is 5.56 Å². The number of amides is 1. The Bertz CT molecular complexity index is 691. The first-order chi connectivity index (χ1) is 9.66. The summed E-state index contributed by atoms with van der Waals surface area (Å²) in [5.41, 5.74) is -0.130. The minimum absolute atomic E-state index is 0.00989. The Morgan fingerprint density at radius 3 is 3.15 bits per heavy atom. The summed E-state index contributed by atoms with van der Waals surface area (Å²) in [7, 11) is 0. The van der Waals surface area contributed by atoms with E-state index in [-0.39, 0.29) is 24.1 Å². The fourth-order valence-corrected chi connectivity index (χ4v) is 3.43. The summed E-state index contributed by atoms with van der Waals surface area (Å²) in [6.45, 7) is 2.95. The molecule has 0 aromatic carbocycles. The molecule has 2 aromatic rings. The van der Waals surface area contributed by atoms with Crippen molar-refractivity contribution < 1.29 is 4.79 Å². The second-order valence-corrected chi connectivity index (χ2v) is 6.14. The highest BCUT2D eigenvalue weighted by atomic mass is 32.1. The van der Waals surface area contributed by atoms with E-state index in [0.717, 1.165) is 24.2 Å². The SMILES string of the molecule is C[C@@H]1CCCCN1C(=O)Cn1cnc2sccc2c1=O. The highest BCUT2D eigenvalue weighted by Crippen LogP contribution is 2.17. The molecule has 5 nitrogen and oxygen atoms in total. The van der Waals surface area contributed by atoms with Gasteiger partial charge in [-0.3, -0.25) is 14.2 Å². The number of likely N-dealkylation sites (tertiary alicyclic amines) is 1. The van der Waals surface area contributed by atoms with E-state index in [2.05, 4.69) is 11.9 Å². The second kappa shape index (κ2) is 5.36. The third kappa shape index (κ3) is 2.35. The van der Waals surface area contributed by atoms with Gasteiger partial charge in [-0.2, -0.15) is 0 Å². The minimum Gasteiger partial charge on any atom is -0.338 e. The maximum absolute atomic E-state index is 12.3. The third-order valence-corrected chi connectivity index (χ3v) is 4.70. The molecule has 6 heteroatoms. The van der Waals surface area contributed by atoms with Crippen LogP contribution in [0.3, 0.4) is 0 Å². The van der Waals surface area contributed by atoms with Gasteiger partial charge >= 0.3 is 0 Å². The summed E-state index contributed by atoms with van der Waals surface area (Å²) in [6, 6.07) is 2.03. The standard InChI is InChI=1S/C14H17N3O2S/c1-10-4-2-3-6-17(10)12(18)8-16-9-15-13-11(14(16)19)5-7-20-13/h5,7,9-10H,2-4,6,8H2,1H3/t10-/m1/s1. The van der Waals surface area contributed by atoms with Crippen LogP contribution in [-0.2, 0) is 11.3 Å². The molecule has 1 aliphatic heterocycles. The Balaban J connectivity index is 1.83. The lowest BCUT2D eigenvalue weighted by Gasteiger charge is -2.33. The maximum atomic E-state index is 12.3. The number of carbonyl (C=O) groups excluding carboxylic acids is 1. The van der Waals surface area contributed by atoms with Crippen molar-refractivity contribution in [3.63, 3.8) is 0 Å². The third-order valence-electron chi connectivity index (χ3n) is 3.88. The van der Waals surface area contributed by atoms with Crippen LogP contribution in [-0.4, -0.2) is 32.9 Å². The van der Waals surface area contributed by atoms with Crippen molar-refractivity contribution in [2.75, 3.05) is 6.54 Å². The van der Waals surface area contributed by atoms with E-state index in [1.165, 1.54) is 28.7 Å². The second-order valence-electron chi connectivity index (χ2n) is 5.25. The average molecular weight is 291 g/mol. The molecule has 0 radical (unpaired) electrons. The predicted molar refractivity (Wildman–Crippen MR) is 78.9 cm³/mol. The first-order valence-electron chi connectivity index (χ1n) is 6.89. The molecule has 1 fully saturated rings. The number of hydrogen-bond donors (Lipinski definition) is 0. The van der Waals surface area contributed by atoms with Gasteiger partial charge in [0.1, 0.15) is 11.4 Å². The summed E-state index contributed by atoms with van der Waals surface area (Å²) in [5.74, 6) is 0.00989. The molecule has 106 valence electrons. The van der Waals surface area contributed by atoms with E-state index in [1.54, 1.807) is 6.07 Å². The number of carbonyl (C=O) groups is 1. The summed E-state index contributed by atoms with van der Waals surface area (Å²) >= 11 is 1.44. The van der Waals surface area contributed by atoms with Crippen molar-refractivity contribution in [1.82, 2.24) is 14.5 Å². The molecule has 0 spiro atoms. The molecular formula is C14H17N3O2S. The number of fused-ring (bicyclic) bond motifs is 1. The van der Waals surface area contributed by atoms with Crippen LogP contribution in [0.25, 0.3) is 10.2 Å². The Morgan fingerprint density at radius 2 is 2.35 bits per heavy atom. The molecule has 1 saturated heterocycles. The van der Waals surface area contributed by atoms with Crippen molar-refractivity contribution in [2.24, 2.45) is 0 Å². The first kappa shape index (κ1) is 13.3. The zero-order chi connectivity index (χ0) is 14.1. The van der Waals surface area contributed by atoms with Crippen molar-refractivity contribution in [3.05, 3.63) is 28.1 Å². The van der Waals surface area contributed by atoms with Crippen molar-refractivity contribution in [2.45, 2.75) is 38.8 Å². The quantitative estimate of drug-likeness (QED) is 0.848. The van der Waals surface area contributed by atoms with Gasteiger partial charge in [0.25, 0.3) is 5.56 Å². The van der Waals surface area contributed by atoms with Crippen LogP contribution >= 0.6 is 11.3 Å². The lowest BCUT2D eigenvalue weighted by Crippen LogP contribution is -2.44. The van der Waals surface area contributed by atoms with Gasteiger partial charge in [-0.15, -0.1) is 11.3 Å². The largest absolute Gasteiger partial charge is 0.338 e. The van der Waals surface area contributed by atoms with Gasteiger partial charge in [0, 0.05) is 12.6 Å². The fourth-order valence-electron chi connectivity index (χ4n) is 2.71. The molecule has 1 atom stereocenters. The number of piperidine rings is 1. The predicted octanol–water partition coefficient (Wildman–Crippen LogP) is 1.86. The van der Waals surface area contributed by atoms with Crippen LogP contribution in [0.2, 0.25) is 0 Å². The fraction of sp³-hybridized carbons (Fsp3) is 0.500. The van der Waals surface area contributed by atoms with E-state index in [1.807, 2.05) is 10.3 Å². The number of hydrogen-bond acceptors (Lipinski definition) is 4. The van der Waals surface area contributed by atoms with Gasteiger partial charge < -0.3 is 4.90 Å². The summed E-state index contributed by atoms with van der Waals surface area (Å²) in [5, 5.41) is 2.44. The molecule has 0 N–H and O–H groups in total. The van der Waals surface area contributed by atoms with Crippen LogP contribution in [0.4, 0.5) is 0 Å². The number of thiophene rings is 1. The number of aromatic nitrogens is 2. The maximum Gasteiger partial charge on any atom is 0.262 e. The molecule has 0 bridgehead atoms. The summed E-state index contributed by atoms with van der Waals surface area (Å²) < 4.78 is 1.42. The van der Waals surface area contributed by atoms with Crippen LogP contribution in [0.15, 0.2) is 22.6 Å². The Hall–Kier alpha value is -1.69. The topological polar surface area (TPSA) is 55.2 Å². The molecular weight excluding hydrogens is 274 g/mol. The van der Waals surface area contributed by atoms with E-state index in [9.17, 15) is 9.59 Å². The molecule has 3 heterocycles. The van der Waals surface area contributed by atoms with Crippen LogP contribution in [0.1, 0.15) is 26.2 Å². The Kier molecular flexibility index (Phi) is 3.56. The Morgan fingerprint density at radius 1 is 1.50 bits per heavy atom. The zero-order valence-corrected chi connectivity index (χ0v) is 12.2. The smallest absolute Gasteiger partial charge is 0.262 e. The van der Waals surface area contributed by atoms with E-state index >= 15 is 0 Å². The van der Waals surface area contributed by atoms with E-state index < -0.39 is 0 Å². The number of nitrogens with zero attached hydrogens (tertiary/aromatic N) is 3. The normalized spacial score (nSPS) is 19.4. The minimum atomic E-state index is -0.130. The van der Waals surface area contributed by atoms with E-state index in [0.29, 0.717) is 5.39 Å². The monoisotopic (exact) mass is 291 g/mol. The van der Waals surface area contributed by atoms with Crippen LogP contribution in [0, 0.1) is 0 Å². The average Bonchev–Trinajstić information content (AvgIpc) is 2.91. The lowest BCUT2D eigenvalue weighted by atomic mass is 10.0. The molecule has 3 rings (SSSR count). The van der Waals surface area contributed by atoms with Crippen molar-refractivity contribution in [3.8, 4) is 0 Å². The lowest BCUT2D eigenvalue weighted by molar-refractivity contribution is -0.135. The highest BCUT2D eigenvalue weighted by Gasteiger charge is 2.23. The zero-order valence-electron chi connectivity index (χ0n) is 11.4. The van der Waals surface area contributed by atoms with Gasteiger partial charge in [-0.1, -0.05) is 0 Å².